The Hall–Kier alpha value is -0.940. The first-order valence-corrected chi connectivity index (χ1v) is 5.72. The molecular formula is C10H12BrN3O. The number of halogens is 1. The molecule has 0 aromatic carbocycles. The molecule has 2 rings (SSSR count). The summed E-state index contributed by atoms with van der Waals surface area (Å²) in [7, 11) is 0. The van der Waals surface area contributed by atoms with E-state index < -0.39 is 0 Å². The van der Waals surface area contributed by atoms with Crippen molar-refractivity contribution in [3.05, 3.63) is 28.5 Å². The van der Waals surface area contributed by atoms with Crippen LogP contribution in [0.1, 0.15) is 23.3 Å². The SMILES string of the molecule is O=C(NN1CCCC1)c1ccc(Br)cn1. The number of nitrogens with zero attached hydrogens (tertiary/aromatic N) is 2. The number of carbonyl (C=O) groups is 1. The molecule has 1 N–H and O–H groups in total. The Morgan fingerprint density at radius 1 is 1.40 bits per heavy atom. The van der Waals surface area contributed by atoms with Gasteiger partial charge in [0.05, 0.1) is 0 Å². The Bertz CT molecular complexity index is 346. The van der Waals surface area contributed by atoms with Crippen LogP contribution in [0.5, 0.6) is 0 Å². The highest BCUT2D eigenvalue weighted by Crippen LogP contribution is 2.08. The van der Waals surface area contributed by atoms with E-state index in [-0.39, 0.29) is 5.91 Å². The summed E-state index contributed by atoms with van der Waals surface area (Å²) in [6.07, 6.45) is 3.92. The molecule has 0 unspecified atom stereocenters. The van der Waals surface area contributed by atoms with Crippen LogP contribution in [0.4, 0.5) is 0 Å². The number of aromatic nitrogens is 1. The van der Waals surface area contributed by atoms with Crippen LogP contribution in [0, 0.1) is 0 Å². The van der Waals surface area contributed by atoms with Gasteiger partial charge in [-0.15, -0.1) is 0 Å². The lowest BCUT2D eigenvalue weighted by molar-refractivity contribution is 0.0820. The highest BCUT2D eigenvalue weighted by atomic mass is 79.9. The van der Waals surface area contributed by atoms with E-state index in [0.717, 1.165) is 30.4 Å². The predicted octanol–water partition coefficient (Wildman–Crippen LogP) is 1.58. The minimum atomic E-state index is -0.135. The first-order valence-electron chi connectivity index (χ1n) is 4.93. The third-order valence-electron chi connectivity index (χ3n) is 2.33. The Morgan fingerprint density at radius 2 is 2.13 bits per heavy atom. The zero-order chi connectivity index (χ0) is 10.7. The molecule has 4 nitrogen and oxygen atoms in total. The van der Waals surface area contributed by atoms with E-state index in [9.17, 15) is 4.79 Å². The van der Waals surface area contributed by atoms with Gasteiger partial charge in [-0.25, -0.2) is 9.99 Å². The number of amides is 1. The summed E-state index contributed by atoms with van der Waals surface area (Å²) in [5.74, 6) is -0.135. The van der Waals surface area contributed by atoms with Crippen LogP contribution >= 0.6 is 15.9 Å². The summed E-state index contributed by atoms with van der Waals surface area (Å²) in [6, 6.07) is 3.52. The average molecular weight is 270 g/mol. The maximum absolute atomic E-state index is 11.7. The van der Waals surface area contributed by atoms with Gasteiger partial charge >= 0.3 is 0 Å². The predicted molar refractivity (Wildman–Crippen MR) is 60.2 cm³/mol. The van der Waals surface area contributed by atoms with E-state index in [1.54, 1.807) is 12.3 Å². The lowest BCUT2D eigenvalue weighted by atomic mass is 10.3. The Kier molecular flexibility index (Phi) is 3.33. The summed E-state index contributed by atoms with van der Waals surface area (Å²) < 4.78 is 0.875. The molecular weight excluding hydrogens is 258 g/mol. The summed E-state index contributed by atoms with van der Waals surface area (Å²) in [5, 5.41) is 1.94. The van der Waals surface area contributed by atoms with Crippen molar-refractivity contribution in [3.63, 3.8) is 0 Å². The molecule has 80 valence electrons. The minimum Gasteiger partial charge on any atom is -0.283 e. The van der Waals surface area contributed by atoms with Crippen LogP contribution in [-0.2, 0) is 0 Å². The van der Waals surface area contributed by atoms with Crippen LogP contribution in [0.25, 0.3) is 0 Å². The Labute approximate surface area is 96.8 Å². The fourth-order valence-electron chi connectivity index (χ4n) is 1.54. The lowest BCUT2D eigenvalue weighted by Crippen LogP contribution is -2.40. The molecule has 1 aliphatic heterocycles. The molecule has 1 saturated heterocycles. The minimum absolute atomic E-state index is 0.135. The molecule has 0 aliphatic carbocycles. The van der Waals surface area contributed by atoms with E-state index in [0.29, 0.717) is 5.69 Å². The highest BCUT2D eigenvalue weighted by Gasteiger charge is 2.15. The molecule has 2 heterocycles. The van der Waals surface area contributed by atoms with Gasteiger partial charge in [-0.1, -0.05) is 0 Å². The second-order valence-corrected chi connectivity index (χ2v) is 4.41. The lowest BCUT2D eigenvalue weighted by Gasteiger charge is -2.15. The first kappa shape index (κ1) is 10.6. The molecule has 1 fully saturated rings. The molecule has 1 aromatic heterocycles. The number of nitrogens with one attached hydrogen (secondary N) is 1. The number of hydrogen-bond acceptors (Lipinski definition) is 3. The molecule has 1 aromatic rings. The first-order chi connectivity index (χ1) is 7.25. The molecule has 1 amide bonds. The summed E-state index contributed by atoms with van der Waals surface area (Å²) >= 11 is 3.28. The van der Waals surface area contributed by atoms with Gasteiger partial charge in [0.25, 0.3) is 5.91 Å². The van der Waals surface area contributed by atoms with Crippen molar-refractivity contribution in [3.8, 4) is 0 Å². The Balaban J connectivity index is 1.98. The second-order valence-electron chi connectivity index (χ2n) is 3.50. The molecule has 0 atom stereocenters. The molecule has 0 saturated carbocycles. The number of hydrogen-bond donors (Lipinski definition) is 1. The molecule has 15 heavy (non-hydrogen) atoms. The molecule has 0 bridgehead atoms. The summed E-state index contributed by atoms with van der Waals surface area (Å²) in [5.41, 5.74) is 3.28. The van der Waals surface area contributed by atoms with Gasteiger partial charge in [-0.05, 0) is 40.9 Å². The van der Waals surface area contributed by atoms with Crippen molar-refractivity contribution in [1.82, 2.24) is 15.4 Å². The molecule has 0 radical (unpaired) electrons. The number of carbonyl (C=O) groups excluding carboxylic acids is 1. The number of hydrazine groups is 1. The van der Waals surface area contributed by atoms with Gasteiger partial charge in [0.15, 0.2) is 0 Å². The average Bonchev–Trinajstić information content (AvgIpc) is 2.71. The Morgan fingerprint density at radius 3 is 2.73 bits per heavy atom. The van der Waals surface area contributed by atoms with Crippen molar-refractivity contribution >= 4 is 21.8 Å². The second kappa shape index (κ2) is 4.72. The van der Waals surface area contributed by atoms with E-state index in [4.69, 9.17) is 0 Å². The van der Waals surface area contributed by atoms with Crippen LogP contribution in [0.2, 0.25) is 0 Å². The number of pyridine rings is 1. The zero-order valence-corrected chi connectivity index (χ0v) is 9.83. The van der Waals surface area contributed by atoms with Gasteiger partial charge in [0.2, 0.25) is 0 Å². The standard InChI is InChI=1S/C10H12BrN3O/c11-8-3-4-9(12-7-8)10(15)13-14-5-1-2-6-14/h3-4,7H,1-2,5-6H2,(H,13,15). The van der Waals surface area contributed by atoms with Crippen LogP contribution in [0.3, 0.4) is 0 Å². The van der Waals surface area contributed by atoms with E-state index in [2.05, 4.69) is 26.3 Å². The molecule has 0 spiro atoms. The number of rotatable bonds is 2. The zero-order valence-electron chi connectivity index (χ0n) is 8.24. The van der Waals surface area contributed by atoms with Crippen molar-refractivity contribution in [2.75, 3.05) is 13.1 Å². The topological polar surface area (TPSA) is 45.2 Å². The smallest absolute Gasteiger partial charge is 0.283 e. The highest BCUT2D eigenvalue weighted by molar-refractivity contribution is 9.10. The van der Waals surface area contributed by atoms with Gasteiger partial charge < -0.3 is 0 Å². The van der Waals surface area contributed by atoms with E-state index in [1.165, 1.54) is 0 Å². The third-order valence-corrected chi connectivity index (χ3v) is 2.79. The largest absolute Gasteiger partial charge is 0.284 e. The quantitative estimate of drug-likeness (QED) is 0.887. The maximum atomic E-state index is 11.7. The fourth-order valence-corrected chi connectivity index (χ4v) is 1.77. The van der Waals surface area contributed by atoms with Gasteiger partial charge in [0.1, 0.15) is 5.69 Å². The maximum Gasteiger partial charge on any atom is 0.284 e. The van der Waals surface area contributed by atoms with E-state index >= 15 is 0 Å². The van der Waals surface area contributed by atoms with E-state index in [1.807, 2.05) is 11.1 Å². The fraction of sp³-hybridized carbons (Fsp3) is 0.400. The molecule has 1 aliphatic rings. The van der Waals surface area contributed by atoms with Crippen LogP contribution in [-0.4, -0.2) is 29.0 Å². The monoisotopic (exact) mass is 269 g/mol. The van der Waals surface area contributed by atoms with Crippen molar-refractivity contribution < 1.29 is 4.79 Å². The third kappa shape index (κ3) is 2.76. The van der Waals surface area contributed by atoms with Crippen molar-refractivity contribution in [1.29, 1.82) is 0 Å². The van der Waals surface area contributed by atoms with Gasteiger partial charge in [0, 0.05) is 23.8 Å². The summed E-state index contributed by atoms with van der Waals surface area (Å²) in [4.78, 5) is 15.7. The van der Waals surface area contributed by atoms with Crippen LogP contribution in [0.15, 0.2) is 22.8 Å². The van der Waals surface area contributed by atoms with Gasteiger partial charge in [-0.3, -0.25) is 10.2 Å². The normalized spacial score (nSPS) is 16.6. The molecule has 5 heteroatoms. The van der Waals surface area contributed by atoms with Crippen LogP contribution < -0.4 is 5.43 Å². The van der Waals surface area contributed by atoms with Crippen molar-refractivity contribution in [2.45, 2.75) is 12.8 Å². The van der Waals surface area contributed by atoms with Gasteiger partial charge in [-0.2, -0.15) is 0 Å². The van der Waals surface area contributed by atoms with Crippen molar-refractivity contribution in [2.24, 2.45) is 0 Å². The summed E-state index contributed by atoms with van der Waals surface area (Å²) in [6.45, 7) is 1.87.